The second kappa shape index (κ2) is 7.97. The van der Waals surface area contributed by atoms with Crippen LogP contribution < -0.4 is 0 Å². The van der Waals surface area contributed by atoms with Crippen LogP contribution in [0.3, 0.4) is 0 Å². The van der Waals surface area contributed by atoms with Gasteiger partial charge >= 0.3 is 0 Å². The van der Waals surface area contributed by atoms with E-state index in [4.69, 9.17) is 0 Å². The molecule has 2 aliphatic rings. The molecule has 2 nitrogen and oxygen atoms in total. The van der Waals surface area contributed by atoms with E-state index in [9.17, 15) is 0 Å². The highest BCUT2D eigenvalue weighted by Gasteiger charge is 2.35. The van der Waals surface area contributed by atoms with Gasteiger partial charge in [-0.25, -0.2) is 0 Å². The van der Waals surface area contributed by atoms with E-state index in [1.807, 2.05) is 0 Å². The topological polar surface area (TPSA) is 6.48 Å². The van der Waals surface area contributed by atoms with Crippen LogP contribution in [0.25, 0.3) is 0 Å². The number of nitrogens with zero attached hydrogens (tertiary/aromatic N) is 2. The summed E-state index contributed by atoms with van der Waals surface area (Å²) in [5, 5.41) is 0. The molecule has 0 aromatic carbocycles. The van der Waals surface area contributed by atoms with Crippen LogP contribution in [0.1, 0.15) is 60.8 Å². The van der Waals surface area contributed by atoms with Crippen molar-refractivity contribution in [3.63, 3.8) is 0 Å². The maximum absolute atomic E-state index is 2.41. The minimum Gasteiger partial charge on any atom is -0.305 e. The third-order valence-electron chi connectivity index (χ3n) is 4.93. The number of allylic oxidation sites excluding steroid dienone is 2. The van der Waals surface area contributed by atoms with Crippen LogP contribution in [0.5, 0.6) is 0 Å². The average molecular weight is 309 g/mol. The van der Waals surface area contributed by atoms with Crippen molar-refractivity contribution >= 4 is 0 Å². The van der Waals surface area contributed by atoms with Crippen molar-refractivity contribution in [2.75, 3.05) is 40.3 Å². The first kappa shape index (κ1) is 19.7. The highest BCUT2D eigenvalue weighted by atomic mass is 15.2. The molecule has 0 radical (unpaired) electrons. The smallest absolute Gasteiger partial charge is 0.00477 e. The van der Waals surface area contributed by atoms with Crippen LogP contribution in [0, 0.1) is 16.7 Å². The normalized spacial score (nSPS) is 23.1. The van der Waals surface area contributed by atoms with Crippen LogP contribution in [0.15, 0.2) is 11.6 Å². The van der Waals surface area contributed by atoms with Gasteiger partial charge in [0.05, 0.1) is 0 Å². The zero-order chi connectivity index (χ0) is 17.0. The quantitative estimate of drug-likeness (QED) is 0.681. The second-order valence-corrected chi connectivity index (χ2v) is 9.38. The Labute approximate surface area is 139 Å². The molecule has 2 heteroatoms. The molecule has 0 bridgehead atoms. The molecule has 2 aliphatic heterocycles. The van der Waals surface area contributed by atoms with Crippen LogP contribution in [0.2, 0.25) is 0 Å². The highest BCUT2D eigenvalue weighted by Crippen LogP contribution is 2.34. The van der Waals surface area contributed by atoms with Crippen LogP contribution in [-0.2, 0) is 0 Å². The Morgan fingerprint density at radius 2 is 1.41 bits per heavy atom. The Morgan fingerprint density at radius 3 is 1.77 bits per heavy atom. The third-order valence-corrected chi connectivity index (χ3v) is 4.93. The average Bonchev–Trinajstić information content (AvgIpc) is 2.32. The molecule has 0 saturated carbocycles. The first-order valence-electron chi connectivity index (χ1n) is 9.04. The number of likely N-dealkylation sites (tertiary alicyclic amines) is 2. The summed E-state index contributed by atoms with van der Waals surface area (Å²) in [7, 11) is 4.39. The summed E-state index contributed by atoms with van der Waals surface area (Å²) in [4.78, 5) is 4.78. The van der Waals surface area contributed by atoms with Crippen LogP contribution in [0.4, 0.5) is 0 Å². The first-order valence-corrected chi connectivity index (χ1v) is 9.04. The minimum absolute atomic E-state index is 0.575. The van der Waals surface area contributed by atoms with E-state index in [2.05, 4.69) is 71.5 Å². The van der Waals surface area contributed by atoms with Gasteiger partial charge in [0.25, 0.3) is 0 Å². The summed E-state index contributed by atoms with van der Waals surface area (Å²) >= 11 is 0. The Morgan fingerprint density at radius 1 is 0.955 bits per heavy atom. The van der Waals surface area contributed by atoms with Crippen molar-refractivity contribution in [1.82, 2.24) is 9.80 Å². The van der Waals surface area contributed by atoms with Gasteiger partial charge in [0.15, 0.2) is 0 Å². The zero-order valence-corrected chi connectivity index (χ0v) is 16.5. The highest BCUT2D eigenvalue weighted by molar-refractivity contribution is 5.01. The van der Waals surface area contributed by atoms with Gasteiger partial charge in [-0.05, 0) is 57.5 Å². The standard InChI is InChI=1S/C10H21N.C10H19N/c2*1-9(2)5-6-10(3)7-11(4)8-10/h9H,5-8H2,1-4H3;5H,6-8H2,1-4H3. The lowest BCUT2D eigenvalue weighted by Gasteiger charge is -2.46. The molecule has 0 amide bonds. The minimum atomic E-state index is 0.575. The van der Waals surface area contributed by atoms with Crippen LogP contribution >= 0.6 is 0 Å². The summed E-state index contributed by atoms with van der Waals surface area (Å²) in [6.07, 6.45) is 6.41. The van der Waals surface area contributed by atoms with Crippen molar-refractivity contribution < 1.29 is 0 Å². The molecule has 0 atom stereocenters. The van der Waals surface area contributed by atoms with E-state index in [1.54, 1.807) is 0 Å². The SMILES string of the molecule is CC(C)=CCC1(C)CN(C)C1.CC(C)CCC1(C)CN(C)C1. The van der Waals surface area contributed by atoms with Crippen molar-refractivity contribution in [3.8, 4) is 0 Å². The largest absolute Gasteiger partial charge is 0.305 e. The van der Waals surface area contributed by atoms with Gasteiger partial charge in [-0.3, -0.25) is 0 Å². The molecule has 2 fully saturated rings. The van der Waals surface area contributed by atoms with Gasteiger partial charge in [-0.2, -0.15) is 0 Å². The number of hydrogen-bond donors (Lipinski definition) is 0. The Kier molecular flexibility index (Phi) is 7.14. The van der Waals surface area contributed by atoms with Crippen molar-refractivity contribution in [2.45, 2.75) is 60.8 Å². The molecule has 0 N–H and O–H groups in total. The summed E-state index contributed by atoms with van der Waals surface area (Å²) in [5.41, 5.74) is 2.67. The van der Waals surface area contributed by atoms with Crippen LogP contribution in [-0.4, -0.2) is 50.1 Å². The first-order chi connectivity index (χ1) is 10.0. The van der Waals surface area contributed by atoms with Crippen molar-refractivity contribution in [2.24, 2.45) is 16.7 Å². The van der Waals surface area contributed by atoms with Gasteiger partial charge in [0.1, 0.15) is 0 Å². The second-order valence-electron chi connectivity index (χ2n) is 9.38. The van der Waals surface area contributed by atoms with Gasteiger partial charge in [0.2, 0.25) is 0 Å². The van der Waals surface area contributed by atoms with Gasteiger partial charge in [-0.15, -0.1) is 0 Å². The third kappa shape index (κ3) is 6.83. The van der Waals surface area contributed by atoms with E-state index in [1.165, 1.54) is 51.0 Å². The van der Waals surface area contributed by atoms with E-state index in [0.29, 0.717) is 10.8 Å². The maximum Gasteiger partial charge on any atom is 0.00477 e. The van der Waals surface area contributed by atoms with E-state index in [0.717, 1.165) is 5.92 Å². The molecule has 130 valence electrons. The number of rotatable bonds is 5. The van der Waals surface area contributed by atoms with Crippen molar-refractivity contribution in [1.29, 1.82) is 0 Å². The Hall–Kier alpha value is -0.340. The Balaban J connectivity index is 0.000000220. The van der Waals surface area contributed by atoms with Crippen molar-refractivity contribution in [3.05, 3.63) is 11.6 Å². The fraction of sp³-hybridized carbons (Fsp3) is 0.900. The lowest BCUT2D eigenvalue weighted by molar-refractivity contribution is 0.0272. The molecule has 0 unspecified atom stereocenters. The molecule has 0 aromatic heterocycles. The van der Waals surface area contributed by atoms with E-state index in [-0.39, 0.29) is 0 Å². The summed E-state index contributed by atoms with van der Waals surface area (Å²) in [6, 6.07) is 0. The fourth-order valence-corrected chi connectivity index (χ4v) is 3.89. The molecule has 0 spiro atoms. The fourth-order valence-electron chi connectivity index (χ4n) is 3.89. The predicted octanol–water partition coefficient (Wildman–Crippen LogP) is 4.67. The number of hydrogen-bond acceptors (Lipinski definition) is 2. The molecular formula is C20H40N2. The van der Waals surface area contributed by atoms with E-state index >= 15 is 0 Å². The molecule has 0 aromatic rings. The summed E-state index contributed by atoms with van der Waals surface area (Å²) < 4.78 is 0. The molecule has 2 rings (SSSR count). The lowest BCUT2D eigenvalue weighted by atomic mass is 9.77. The lowest BCUT2D eigenvalue weighted by Crippen LogP contribution is -2.52. The molecule has 2 heterocycles. The zero-order valence-electron chi connectivity index (χ0n) is 16.5. The molecule has 22 heavy (non-hydrogen) atoms. The molecular weight excluding hydrogens is 268 g/mol. The molecule has 0 aliphatic carbocycles. The predicted molar refractivity (Wildman–Crippen MR) is 99.3 cm³/mol. The van der Waals surface area contributed by atoms with Gasteiger partial charge in [0, 0.05) is 26.2 Å². The Bertz CT molecular complexity index is 354. The van der Waals surface area contributed by atoms with E-state index < -0.39 is 0 Å². The summed E-state index contributed by atoms with van der Waals surface area (Å²) in [5.74, 6) is 0.873. The van der Waals surface area contributed by atoms with Gasteiger partial charge in [-0.1, -0.05) is 45.8 Å². The monoisotopic (exact) mass is 308 g/mol. The maximum atomic E-state index is 2.41. The molecule has 2 saturated heterocycles. The van der Waals surface area contributed by atoms with Gasteiger partial charge < -0.3 is 9.80 Å². The summed E-state index contributed by atoms with van der Waals surface area (Å²) in [6.45, 7) is 18.9.